The summed E-state index contributed by atoms with van der Waals surface area (Å²) in [6, 6.07) is 6.94. The Hall–Kier alpha value is -1.80. The molecule has 3 N–H and O–H groups in total. The number of rotatable bonds is 4. The summed E-state index contributed by atoms with van der Waals surface area (Å²) in [6.45, 7) is 3.77. The smallest absolute Gasteiger partial charge is 0.239 e. The molecule has 1 aromatic carbocycles. The van der Waals surface area contributed by atoms with Gasteiger partial charge in [0.25, 0.3) is 0 Å². The molecule has 1 fully saturated rings. The van der Waals surface area contributed by atoms with Gasteiger partial charge in [-0.3, -0.25) is 4.79 Å². The van der Waals surface area contributed by atoms with E-state index in [9.17, 15) is 4.79 Å². The van der Waals surface area contributed by atoms with Gasteiger partial charge in [0.1, 0.15) is 18.0 Å². The number of anilines is 2. The maximum atomic E-state index is 12.8. The van der Waals surface area contributed by atoms with Crippen LogP contribution in [0.25, 0.3) is 0 Å². The van der Waals surface area contributed by atoms with Crippen LogP contribution in [0.4, 0.5) is 11.6 Å². The summed E-state index contributed by atoms with van der Waals surface area (Å²) in [7, 11) is 0. The Morgan fingerprint density at radius 3 is 2.53 bits per heavy atom. The molecule has 3 heterocycles. The Morgan fingerprint density at radius 1 is 1.13 bits per heavy atom. The van der Waals surface area contributed by atoms with E-state index >= 15 is 0 Å². The minimum Gasteiger partial charge on any atom is -0.370 e. The minimum absolute atomic E-state index is 0. The van der Waals surface area contributed by atoms with Crippen molar-refractivity contribution in [3.63, 3.8) is 0 Å². The molecule has 30 heavy (non-hydrogen) atoms. The number of hydrogen-bond acceptors (Lipinski definition) is 6. The fourth-order valence-corrected chi connectivity index (χ4v) is 3.99. The van der Waals surface area contributed by atoms with Gasteiger partial charge < -0.3 is 20.9 Å². The van der Waals surface area contributed by atoms with E-state index in [0.717, 1.165) is 49.7 Å². The zero-order chi connectivity index (χ0) is 19.5. The Kier molecular flexibility index (Phi) is 8.97. The Labute approximate surface area is 194 Å². The van der Waals surface area contributed by atoms with E-state index < -0.39 is 6.04 Å². The van der Waals surface area contributed by atoms with Crippen molar-refractivity contribution >= 4 is 54.0 Å². The molecule has 0 spiro atoms. The van der Waals surface area contributed by atoms with Gasteiger partial charge in [-0.15, -0.1) is 24.8 Å². The van der Waals surface area contributed by atoms with E-state index in [-0.39, 0.29) is 30.7 Å². The zero-order valence-corrected chi connectivity index (χ0v) is 19.0. The number of nitrogens with one attached hydrogen (secondary N) is 1. The van der Waals surface area contributed by atoms with Crippen LogP contribution in [0.15, 0.2) is 30.6 Å². The molecule has 1 amide bonds. The van der Waals surface area contributed by atoms with E-state index in [2.05, 4.69) is 20.2 Å². The highest BCUT2D eigenvalue weighted by atomic mass is 35.5. The Morgan fingerprint density at radius 2 is 1.83 bits per heavy atom. The molecule has 1 aromatic heterocycles. The highest BCUT2D eigenvalue weighted by Crippen LogP contribution is 2.28. The second-order valence-electron chi connectivity index (χ2n) is 7.30. The molecule has 2 aliphatic heterocycles. The summed E-state index contributed by atoms with van der Waals surface area (Å²) in [5, 5.41) is 4.03. The summed E-state index contributed by atoms with van der Waals surface area (Å²) < 4.78 is 0. The van der Waals surface area contributed by atoms with Crippen LogP contribution in [0.2, 0.25) is 5.02 Å². The zero-order valence-electron chi connectivity index (χ0n) is 16.6. The van der Waals surface area contributed by atoms with Gasteiger partial charge >= 0.3 is 0 Å². The van der Waals surface area contributed by atoms with Crippen LogP contribution < -0.4 is 16.0 Å². The number of benzene rings is 1. The Bertz CT molecular complexity index is 843. The minimum atomic E-state index is -0.538. The third-order valence-electron chi connectivity index (χ3n) is 5.40. The van der Waals surface area contributed by atoms with Crippen LogP contribution in [0.3, 0.4) is 0 Å². The van der Waals surface area contributed by atoms with Gasteiger partial charge in [0, 0.05) is 43.3 Å². The maximum Gasteiger partial charge on any atom is 0.239 e. The van der Waals surface area contributed by atoms with Crippen molar-refractivity contribution in [2.75, 3.05) is 42.9 Å². The number of nitrogens with zero attached hydrogens (tertiary/aromatic N) is 4. The van der Waals surface area contributed by atoms with Crippen LogP contribution in [-0.2, 0) is 17.6 Å². The Balaban J connectivity index is 0.00000160. The summed E-state index contributed by atoms with van der Waals surface area (Å²) >= 11 is 5.92. The van der Waals surface area contributed by atoms with E-state index in [1.807, 2.05) is 29.2 Å². The number of aromatic nitrogens is 2. The second-order valence-corrected chi connectivity index (χ2v) is 7.74. The summed E-state index contributed by atoms with van der Waals surface area (Å²) in [6.07, 6.45) is 4.21. The average Bonchev–Trinajstić information content (AvgIpc) is 2.74. The number of carbonyl (C=O) groups excluding carboxylic acids is 1. The normalized spacial score (nSPS) is 16.5. The number of fused-ring (bicyclic) bond motifs is 1. The monoisotopic (exact) mass is 472 g/mol. The summed E-state index contributed by atoms with van der Waals surface area (Å²) in [4.78, 5) is 25.7. The van der Waals surface area contributed by atoms with Crippen molar-refractivity contribution in [2.24, 2.45) is 5.73 Å². The number of nitrogens with two attached hydrogens (primary N) is 1. The molecule has 1 saturated heterocycles. The van der Waals surface area contributed by atoms with Crippen molar-refractivity contribution in [3.8, 4) is 0 Å². The van der Waals surface area contributed by atoms with Gasteiger partial charge in [-0.1, -0.05) is 23.7 Å². The van der Waals surface area contributed by atoms with Gasteiger partial charge in [0.15, 0.2) is 0 Å². The molecule has 2 aliphatic rings. The molecule has 7 nitrogen and oxygen atoms in total. The second kappa shape index (κ2) is 11.0. The molecule has 0 aliphatic carbocycles. The third-order valence-corrected chi connectivity index (χ3v) is 5.65. The molecule has 0 bridgehead atoms. The fourth-order valence-electron chi connectivity index (χ4n) is 3.86. The van der Waals surface area contributed by atoms with Crippen LogP contribution in [0.1, 0.15) is 17.5 Å². The van der Waals surface area contributed by atoms with Crippen LogP contribution in [0, 0.1) is 0 Å². The van der Waals surface area contributed by atoms with Crippen LogP contribution in [-0.4, -0.2) is 59.5 Å². The maximum absolute atomic E-state index is 12.8. The fraction of sp³-hybridized carbons (Fsp3) is 0.450. The van der Waals surface area contributed by atoms with Gasteiger partial charge in [0.05, 0.1) is 6.04 Å². The molecular formula is C20H27Cl3N6O. The topological polar surface area (TPSA) is 87.4 Å². The summed E-state index contributed by atoms with van der Waals surface area (Å²) in [5.41, 5.74) is 8.39. The van der Waals surface area contributed by atoms with Gasteiger partial charge in [0.2, 0.25) is 5.91 Å². The lowest BCUT2D eigenvalue weighted by Gasteiger charge is -2.37. The standard InChI is InChI=1S/C20H25ClN6O.2ClH/c21-15-5-3-14(4-6-15)12-17(22)20(28)27-10-8-26(9-11-27)19-16-2-1-7-23-18(16)24-13-25-19;;/h3-6,13,17H,1-2,7-12,22H2,(H,23,24,25);2*1H/t17-;;/m1../s1. The van der Waals surface area contributed by atoms with Gasteiger partial charge in [-0.25, -0.2) is 9.97 Å². The SMILES string of the molecule is Cl.Cl.N[C@H](Cc1ccc(Cl)cc1)C(=O)N1CCN(c2ncnc3c2CCCN3)CC1. The number of carbonyl (C=O) groups is 1. The van der Waals surface area contributed by atoms with Crippen molar-refractivity contribution in [3.05, 3.63) is 46.7 Å². The molecule has 164 valence electrons. The van der Waals surface area contributed by atoms with Crippen molar-refractivity contribution < 1.29 is 4.79 Å². The van der Waals surface area contributed by atoms with E-state index in [1.165, 1.54) is 5.56 Å². The quantitative estimate of drug-likeness (QED) is 0.709. The van der Waals surface area contributed by atoms with Crippen LogP contribution >= 0.6 is 36.4 Å². The molecular weight excluding hydrogens is 447 g/mol. The average molecular weight is 474 g/mol. The first-order valence-electron chi connectivity index (χ1n) is 9.73. The van der Waals surface area contributed by atoms with E-state index in [1.54, 1.807) is 6.33 Å². The first-order chi connectivity index (χ1) is 13.6. The lowest BCUT2D eigenvalue weighted by Crippen LogP contribution is -2.54. The van der Waals surface area contributed by atoms with E-state index in [4.69, 9.17) is 17.3 Å². The van der Waals surface area contributed by atoms with Crippen molar-refractivity contribution in [1.29, 1.82) is 0 Å². The molecule has 0 radical (unpaired) electrons. The molecule has 0 saturated carbocycles. The van der Waals surface area contributed by atoms with Crippen molar-refractivity contribution in [2.45, 2.75) is 25.3 Å². The van der Waals surface area contributed by atoms with Gasteiger partial charge in [-0.05, 0) is 37.0 Å². The van der Waals surface area contributed by atoms with Crippen LogP contribution in [0.5, 0.6) is 0 Å². The predicted molar refractivity (Wildman–Crippen MR) is 125 cm³/mol. The number of hydrogen-bond donors (Lipinski definition) is 2. The molecule has 2 aromatic rings. The number of piperazine rings is 1. The van der Waals surface area contributed by atoms with E-state index in [0.29, 0.717) is 24.5 Å². The molecule has 0 unspecified atom stereocenters. The first-order valence-corrected chi connectivity index (χ1v) is 10.1. The van der Waals surface area contributed by atoms with Gasteiger partial charge in [-0.2, -0.15) is 0 Å². The highest BCUT2D eigenvalue weighted by Gasteiger charge is 2.28. The molecule has 10 heteroatoms. The largest absolute Gasteiger partial charge is 0.370 e. The highest BCUT2D eigenvalue weighted by molar-refractivity contribution is 6.30. The molecule has 1 atom stereocenters. The number of amides is 1. The third kappa shape index (κ3) is 5.46. The lowest BCUT2D eigenvalue weighted by atomic mass is 10.0. The number of halogens is 3. The summed E-state index contributed by atoms with van der Waals surface area (Å²) in [5.74, 6) is 1.94. The predicted octanol–water partition coefficient (Wildman–Crippen LogP) is 2.55. The first kappa shape index (κ1) is 24.5. The lowest BCUT2D eigenvalue weighted by molar-refractivity contribution is -0.132. The molecule has 4 rings (SSSR count). The van der Waals surface area contributed by atoms with Crippen molar-refractivity contribution in [1.82, 2.24) is 14.9 Å².